The molecule has 0 radical (unpaired) electrons. The van der Waals surface area contributed by atoms with Crippen molar-refractivity contribution < 1.29 is 4.74 Å². The van der Waals surface area contributed by atoms with Gasteiger partial charge in [-0.2, -0.15) is 0 Å². The van der Waals surface area contributed by atoms with Gasteiger partial charge in [0.1, 0.15) is 0 Å². The minimum atomic E-state index is -0.00375. The first-order valence-electron chi connectivity index (χ1n) is 4.26. The molecular weight excluding hydrogens is 166 g/mol. The van der Waals surface area contributed by atoms with Crippen LogP contribution in [-0.4, -0.2) is 11.6 Å². The van der Waals surface area contributed by atoms with Crippen LogP contribution in [0.3, 0.4) is 0 Å². The fraction of sp³-hybridized carbons (Fsp3) is 0.400. The summed E-state index contributed by atoms with van der Waals surface area (Å²) in [5.41, 5.74) is 1.33. The Morgan fingerprint density at radius 2 is 2.08 bits per heavy atom. The predicted molar refractivity (Wildman–Crippen MR) is 51.2 cm³/mol. The van der Waals surface area contributed by atoms with Crippen LogP contribution in [0, 0.1) is 13.8 Å². The Balaban J connectivity index is 3.27. The maximum absolute atomic E-state index is 11.3. The summed E-state index contributed by atoms with van der Waals surface area (Å²) < 4.78 is 5.23. The molecule has 3 nitrogen and oxygen atoms in total. The van der Waals surface area contributed by atoms with Crippen LogP contribution in [0.15, 0.2) is 16.9 Å². The lowest BCUT2D eigenvalue weighted by molar-refractivity contribution is 0.326. The normalized spacial score (nSPS) is 9.77. The molecule has 3 heteroatoms. The summed E-state index contributed by atoms with van der Waals surface area (Å²) in [4.78, 5) is 15.4. The van der Waals surface area contributed by atoms with Gasteiger partial charge in [0.2, 0.25) is 5.88 Å². The lowest BCUT2D eigenvalue weighted by Crippen LogP contribution is -1.98. The second kappa shape index (κ2) is 4.03. The van der Waals surface area contributed by atoms with Gasteiger partial charge in [-0.15, -0.1) is 0 Å². The minimum absolute atomic E-state index is 0.00375. The van der Waals surface area contributed by atoms with E-state index in [1.807, 2.05) is 6.92 Å². The van der Waals surface area contributed by atoms with Crippen molar-refractivity contribution in [3.63, 3.8) is 0 Å². The van der Waals surface area contributed by atoms with Crippen molar-refractivity contribution in [3.05, 3.63) is 33.6 Å². The Morgan fingerprint density at radius 1 is 1.38 bits per heavy atom. The molecular formula is C10H13NO2. The zero-order valence-corrected chi connectivity index (χ0v) is 8.13. The first-order chi connectivity index (χ1) is 6.13. The molecule has 0 spiro atoms. The van der Waals surface area contributed by atoms with Crippen molar-refractivity contribution in [2.45, 2.75) is 20.8 Å². The SMILES string of the molecule is CCOc1cc(C)c(=O)cc(C)n1. The molecule has 1 aromatic rings. The standard InChI is InChI=1S/C10H13NO2/c1-4-13-10-5-7(2)9(12)6-8(3)11-10/h5-6H,4H2,1-3H3. The molecule has 0 atom stereocenters. The monoisotopic (exact) mass is 179 g/mol. The average Bonchev–Trinajstić information content (AvgIpc) is 2.13. The van der Waals surface area contributed by atoms with Gasteiger partial charge in [0, 0.05) is 23.4 Å². The van der Waals surface area contributed by atoms with Gasteiger partial charge in [-0.05, 0) is 20.8 Å². The highest BCUT2D eigenvalue weighted by atomic mass is 16.5. The van der Waals surface area contributed by atoms with E-state index < -0.39 is 0 Å². The van der Waals surface area contributed by atoms with Gasteiger partial charge in [-0.1, -0.05) is 0 Å². The molecule has 0 aromatic carbocycles. The second-order valence-electron chi connectivity index (χ2n) is 2.86. The Labute approximate surface area is 77.4 Å². The summed E-state index contributed by atoms with van der Waals surface area (Å²) in [5.74, 6) is 0.514. The highest BCUT2D eigenvalue weighted by Crippen LogP contribution is 2.05. The number of rotatable bonds is 2. The summed E-state index contributed by atoms with van der Waals surface area (Å²) >= 11 is 0. The Morgan fingerprint density at radius 3 is 2.69 bits per heavy atom. The number of aromatic nitrogens is 1. The molecule has 0 aliphatic rings. The fourth-order valence-corrected chi connectivity index (χ4v) is 1.02. The van der Waals surface area contributed by atoms with Crippen LogP contribution in [0.1, 0.15) is 18.2 Å². The molecule has 70 valence electrons. The third kappa shape index (κ3) is 2.54. The van der Waals surface area contributed by atoms with E-state index in [1.54, 1.807) is 19.9 Å². The summed E-state index contributed by atoms with van der Waals surface area (Å²) in [5, 5.41) is 0. The van der Waals surface area contributed by atoms with Gasteiger partial charge in [-0.25, -0.2) is 4.98 Å². The Bertz CT molecular complexity index is 361. The number of hydrogen-bond acceptors (Lipinski definition) is 3. The van der Waals surface area contributed by atoms with Crippen molar-refractivity contribution in [3.8, 4) is 5.88 Å². The second-order valence-corrected chi connectivity index (χ2v) is 2.86. The van der Waals surface area contributed by atoms with Crippen LogP contribution in [0.4, 0.5) is 0 Å². The number of aryl methyl sites for hydroxylation is 2. The molecule has 0 fully saturated rings. The van der Waals surface area contributed by atoms with Crippen LogP contribution in [-0.2, 0) is 0 Å². The summed E-state index contributed by atoms with van der Waals surface area (Å²) in [6, 6.07) is 3.18. The molecule has 0 bridgehead atoms. The largest absolute Gasteiger partial charge is 0.478 e. The van der Waals surface area contributed by atoms with E-state index in [9.17, 15) is 4.79 Å². The number of ether oxygens (including phenoxy) is 1. The molecule has 0 saturated carbocycles. The van der Waals surface area contributed by atoms with Crippen molar-refractivity contribution in [2.24, 2.45) is 0 Å². The third-order valence-electron chi connectivity index (χ3n) is 1.65. The maximum Gasteiger partial charge on any atom is 0.213 e. The van der Waals surface area contributed by atoms with Gasteiger partial charge >= 0.3 is 0 Å². The molecule has 0 aliphatic carbocycles. The highest BCUT2D eigenvalue weighted by Gasteiger charge is 1.97. The molecule has 13 heavy (non-hydrogen) atoms. The highest BCUT2D eigenvalue weighted by molar-refractivity contribution is 5.21. The van der Waals surface area contributed by atoms with Crippen LogP contribution >= 0.6 is 0 Å². The van der Waals surface area contributed by atoms with Crippen LogP contribution in [0.25, 0.3) is 0 Å². The lowest BCUT2D eigenvalue weighted by atomic mass is 10.3. The van der Waals surface area contributed by atoms with Gasteiger partial charge < -0.3 is 4.74 Å². The molecule has 1 rings (SSSR count). The average molecular weight is 179 g/mol. The molecule has 1 heterocycles. The predicted octanol–water partition coefficient (Wildman–Crippen LogP) is 1.46. The van der Waals surface area contributed by atoms with E-state index in [2.05, 4.69) is 4.98 Å². The van der Waals surface area contributed by atoms with Gasteiger partial charge in [-0.3, -0.25) is 4.79 Å². The molecule has 0 aliphatic heterocycles. The van der Waals surface area contributed by atoms with E-state index in [4.69, 9.17) is 4.74 Å². The molecule has 1 aromatic heterocycles. The topological polar surface area (TPSA) is 39.2 Å². The van der Waals surface area contributed by atoms with Crippen molar-refractivity contribution in [2.75, 3.05) is 6.61 Å². The van der Waals surface area contributed by atoms with E-state index >= 15 is 0 Å². The van der Waals surface area contributed by atoms with E-state index in [-0.39, 0.29) is 5.43 Å². The summed E-state index contributed by atoms with van der Waals surface area (Å²) in [6.45, 7) is 5.98. The fourth-order valence-electron chi connectivity index (χ4n) is 1.02. The summed E-state index contributed by atoms with van der Waals surface area (Å²) in [6.07, 6.45) is 0. The zero-order chi connectivity index (χ0) is 9.84. The third-order valence-corrected chi connectivity index (χ3v) is 1.65. The van der Waals surface area contributed by atoms with Crippen molar-refractivity contribution in [1.82, 2.24) is 4.98 Å². The zero-order valence-electron chi connectivity index (χ0n) is 8.13. The smallest absolute Gasteiger partial charge is 0.213 e. The molecule has 0 saturated heterocycles. The van der Waals surface area contributed by atoms with Crippen molar-refractivity contribution >= 4 is 0 Å². The summed E-state index contributed by atoms with van der Waals surface area (Å²) in [7, 11) is 0. The maximum atomic E-state index is 11.3. The van der Waals surface area contributed by atoms with Crippen LogP contribution < -0.4 is 10.2 Å². The first-order valence-corrected chi connectivity index (χ1v) is 4.26. The quantitative estimate of drug-likeness (QED) is 0.690. The number of hydrogen-bond donors (Lipinski definition) is 0. The Kier molecular flexibility index (Phi) is 3.01. The van der Waals surface area contributed by atoms with E-state index in [0.29, 0.717) is 23.7 Å². The molecule has 0 N–H and O–H groups in total. The lowest BCUT2D eigenvalue weighted by Gasteiger charge is -1.97. The van der Waals surface area contributed by atoms with Gasteiger partial charge in [0.15, 0.2) is 5.43 Å². The first kappa shape index (κ1) is 9.71. The van der Waals surface area contributed by atoms with E-state index in [0.717, 1.165) is 0 Å². The van der Waals surface area contributed by atoms with Gasteiger partial charge in [0.25, 0.3) is 0 Å². The van der Waals surface area contributed by atoms with E-state index in [1.165, 1.54) is 6.07 Å². The van der Waals surface area contributed by atoms with Crippen LogP contribution in [0.5, 0.6) is 5.88 Å². The Hall–Kier alpha value is -1.38. The minimum Gasteiger partial charge on any atom is -0.478 e. The van der Waals surface area contributed by atoms with Crippen molar-refractivity contribution in [1.29, 1.82) is 0 Å². The van der Waals surface area contributed by atoms with Crippen LogP contribution in [0.2, 0.25) is 0 Å². The number of nitrogens with zero attached hydrogens (tertiary/aromatic N) is 1. The molecule has 0 unspecified atom stereocenters. The van der Waals surface area contributed by atoms with Gasteiger partial charge in [0.05, 0.1) is 6.61 Å². The molecule has 0 amide bonds.